The number of pyridine rings is 1. The Hall–Kier alpha value is -3.10. The molecule has 8 heteroatoms. The second-order valence-electron chi connectivity index (χ2n) is 11.5. The minimum atomic E-state index is -1.23. The summed E-state index contributed by atoms with van der Waals surface area (Å²) < 4.78 is 5.57. The van der Waals surface area contributed by atoms with Crippen LogP contribution in [0.4, 0.5) is 0 Å². The van der Waals surface area contributed by atoms with E-state index in [0.717, 1.165) is 43.7 Å². The number of carbonyl (C=O) groups is 1. The molecule has 1 amide bonds. The molecule has 2 fully saturated rings. The summed E-state index contributed by atoms with van der Waals surface area (Å²) in [6.45, 7) is 11.1. The number of hydrogen-bond donors (Lipinski definition) is 1. The maximum Gasteiger partial charge on any atom is 0.227 e. The van der Waals surface area contributed by atoms with E-state index >= 15 is 0 Å². The van der Waals surface area contributed by atoms with Crippen molar-refractivity contribution in [2.24, 2.45) is 11.3 Å². The van der Waals surface area contributed by atoms with Gasteiger partial charge in [0.1, 0.15) is 5.60 Å². The summed E-state index contributed by atoms with van der Waals surface area (Å²) in [5.74, 6) is 1.85. The van der Waals surface area contributed by atoms with Crippen molar-refractivity contribution in [3.05, 3.63) is 65.3 Å². The zero-order chi connectivity index (χ0) is 26.4. The number of rotatable bonds is 7. The molecule has 5 rings (SSSR count). The van der Waals surface area contributed by atoms with E-state index in [1.165, 1.54) is 5.56 Å². The Balaban J connectivity index is 1.44. The van der Waals surface area contributed by atoms with E-state index < -0.39 is 5.60 Å². The third kappa shape index (κ3) is 4.68. The van der Waals surface area contributed by atoms with Crippen molar-refractivity contribution in [2.45, 2.75) is 52.1 Å². The molecule has 8 nitrogen and oxygen atoms in total. The van der Waals surface area contributed by atoms with Gasteiger partial charge >= 0.3 is 0 Å². The number of aromatic nitrogens is 3. The predicted molar refractivity (Wildman–Crippen MR) is 141 cm³/mol. The summed E-state index contributed by atoms with van der Waals surface area (Å²) in [6, 6.07) is 10.2. The Bertz CT molecular complexity index is 1260. The molecule has 1 N–H and O–H groups in total. The summed E-state index contributed by atoms with van der Waals surface area (Å²) in [5.41, 5.74) is 1.91. The van der Waals surface area contributed by atoms with Crippen molar-refractivity contribution in [1.29, 1.82) is 0 Å². The normalized spacial score (nSPS) is 21.2. The minimum absolute atomic E-state index is 0.106. The molecule has 0 radical (unpaired) electrons. The minimum Gasteiger partial charge on any atom is -0.380 e. The van der Waals surface area contributed by atoms with Crippen LogP contribution in [-0.2, 0) is 16.8 Å². The molecule has 4 heterocycles. The lowest BCUT2D eigenvalue weighted by Crippen LogP contribution is -2.63. The van der Waals surface area contributed by atoms with E-state index in [1.807, 2.05) is 23.1 Å². The van der Waals surface area contributed by atoms with Gasteiger partial charge < -0.3 is 19.4 Å². The van der Waals surface area contributed by atoms with Gasteiger partial charge in [-0.15, -0.1) is 0 Å². The first-order valence-corrected chi connectivity index (χ1v) is 13.1. The molecule has 2 saturated heterocycles. The van der Waals surface area contributed by atoms with Gasteiger partial charge in [-0.05, 0) is 42.5 Å². The fourth-order valence-corrected chi connectivity index (χ4v) is 6.09. The molecule has 3 aromatic rings. The first-order valence-electron chi connectivity index (χ1n) is 13.1. The fraction of sp³-hybridized carbons (Fsp3) is 0.517. The molecule has 196 valence electrons. The first kappa shape index (κ1) is 25.5. The third-order valence-electron chi connectivity index (χ3n) is 8.18. The Morgan fingerprint density at radius 3 is 2.57 bits per heavy atom. The van der Waals surface area contributed by atoms with Gasteiger partial charge in [0.2, 0.25) is 17.6 Å². The van der Waals surface area contributed by atoms with E-state index in [-0.39, 0.29) is 11.3 Å². The van der Waals surface area contributed by atoms with Crippen LogP contribution in [0.5, 0.6) is 0 Å². The van der Waals surface area contributed by atoms with E-state index in [1.54, 1.807) is 19.3 Å². The average molecular weight is 504 g/mol. The number of aliphatic hydroxyl groups is 1. The standard InChI is InChI=1S/C29H37N5O3/c1-19(2)22-6-8-24(9-7-22)29(36,28(4)17-33(5)18-28)25-13-23(14-30-15-25)27-31-26(37-32-27)12-21-10-11-34(16-21)20(3)35/h6-9,13-15,19,21,36H,10-12,16-18H2,1-5H3/t21?,29-/m0/s1. The van der Waals surface area contributed by atoms with Crippen molar-refractivity contribution in [3.8, 4) is 11.4 Å². The molecular weight excluding hydrogens is 466 g/mol. The third-order valence-corrected chi connectivity index (χ3v) is 8.18. The number of carbonyl (C=O) groups excluding carboxylic acids is 1. The van der Waals surface area contributed by atoms with Crippen LogP contribution < -0.4 is 0 Å². The maximum atomic E-state index is 12.5. The Kier molecular flexibility index (Phi) is 6.66. The van der Waals surface area contributed by atoms with Crippen molar-refractivity contribution in [2.75, 3.05) is 33.2 Å². The predicted octanol–water partition coefficient (Wildman–Crippen LogP) is 3.85. The van der Waals surface area contributed by atoms with Crippen LogP contribution in [0.2, 0.25) is 0 Å². The summed E-state index contributed by atoms with van der Waals surface area (Å²) >= 11 is 0. The summed E-state index contributed by atoms with van der Waals surface area (Å²) in [5, 5.41) is 16.7. The second kappa shape index (κ2) is 9.65. The van der Waals surface area contributed by atoms with Crippen molar-refractivity contribution < 1.29 is 14.4 Å². The molecule has 1 aromatic carbocycles. The van der Waals surface area contributed by atoms with E-state index in [9.17, 15) is 9.90 Å². The molecule has 0 saturated carbocycles. The maximum absolute atomic E-state index is 12.5. The van der Waals surface area contributed by atoms with Gasteiger partial charge in [0.05, 0.1) is 0 Å². The topological polar surface area (TPSA) is 95.6 Å². The number of benzene rings is 1. The molecule has 0 bridgehead atoms. The average Bonchev–Trinajstić information content (AvgIpc) is 3.53. The monoisotopic (exact) mass is 503 g/mol. The van der Waals surface area contributed by atoms with Crippen LogP contribution in [0.25, 0.3) is 11.4 Å². The van der Waals surface area contributed by atoms with Crippen LogP contribution >= 0.6 is 0 Å². The summed E-state index contributed by atoms with van der Waals surface area (Å²) in [4.78, 5) is 24.9. The Labute approximate surface area is 218 Å². The van der Waals surface area contributed by atoms with Crippen LogP contribution in [0, 0.1) is 11.3 Å². The zero-order valence-corrected chi connectivity index (χ0v) is 22.4. The van der Waals surface area contributed by atoms with E-state index in [0.29, 0.717) is 35.5 Å². The number of likely N-dealkylation sites (tertiary alicyclic amines) is 2. The molecular formula is C29H37N5O3. The summed E-state index contributed by atoms with van der Waals surface area (Å²) in [6.07, 6.45) is 5.03. The van der Waals surface area contributed by atoms with Gasteiger partial charge in [-0.2, -0.15) is 4.98 Å². The molecule has 2 aliphatic heterocycles. The molecule has 0 spiro atoms. The molecule has 2 aliphatic rings. The SMILES string of the molecule is CC(=O)N1CCC(Cc2nc(-c3cncc([C@@](O)(c4ccc(C(C)C)cc4)C4(C)CN(C)C4)c3)no2)C1. The van der Waals surface area contributed by atoms with Crippen molar-refractivity contribution >= 4 is 5.91 Å². The van der Waals surface area contributed by atoms with Crippen LogP contribution in [0.1, 0.15) is 62.6 Å². The number of nitrogens with zero attached hydrogens (tertiary/aromatic N) is 5. The highest BCUT2D eigenvalue weighted by molar-refractivity contribution is 5.73. The van der Waals surface area contributed by atoms with Gasteiger partial charge in [-0.3, -0.25) is 9.78 Å². The lowest BCUT2D eigenvalue weighted by molar-refractivity contribution is -0.127. The quantitative estimate of drug-likeness (QED) is 0.523. The molecule has 2 aromatic heterocycles. The lowest BCUT2D eigenvalue weighted by atomic mass is 9.62. The fourth-order valence-electron chi connectivity index (χ4n) is 6.09. The van der Waals surface area contributed by atoms with Gasteiger partial charge in [-0.25, -0.2) is 0 Å². The van der Waals surface area contributed by atoms with Crippen LogP contribution in [0.15, 0.2) is 47.2 Å². The molecule has 0 aliphatic carbocycles. The van der Waals surface area contributed by atoms with Crippen molar-refractivity contribution in [3.63, 3.8) is 0 Å². The Morgan fingerprint density at radius 1 is 1.22 bits per heavy atom. The van der Waals surface area contributed by atoms with E-state index in [4.69, 9.17) is 4.52 Å². The highest BCUT2D eigenvalue weighted by Crippen LogP contribution is 2.50. The number of amides is 1. The molecule has 1 unspecified atom stereocenters. The van der Waals surface area contributed by atoms with E-state index in [2.05, 4.69) is 60.0 Å². The summed E-state index contributed by atoms with van der Waals surface area (Å²) in [7, 11) is 2.07. The van der Waals surface area contributed by atoms with Gasteiger partial charge in [0.25, 0.3) is 0 Å². The van der Waals surface area contributed by atoms with Gasteiger partial charge in [0.15, 0.2) is 0 Å². The van der Waals surface area contributed by atoms with Crippen LogP contribution in [-0.4, -0.2) is 69.2 Å². The highest BCUT2D eigenvalue weighted by atomic mass is 16.5. The van der Waals surface area contributed by atoms with Gasteiger partial charge in [0, 0.05) is 68.5 Å². The Morgan fingerprint density at radius 2 is 1.95 bits per heavy atom. The highest BCUT2D eigenvalue weighted by Gasteiger charge is 2.55. The van der Waals surface area contributed by atoms with Crippen molar-refractivity contribution in [1.82, 2.24) is 24.9 Å². The zero-order valence-electron chi connectivity index (χ0n) is 22.4. The smallest absolute Gasteiger partial charge is 0.227 e. The first-order chi connectivity index (χ1) is 17.6. The lowest BCUT2D eigenvalue weighted by Gasteiger charge is -2.55. The molecule has 37 heavy (non-hydrogen) atoms. The van der Waals surface area contributed by atoms with Crippen LogP contribution in [0.3, 0.4) is 0 Å². The molecule has 2 atom stereocenters. The second-order valence-corrected chi connectivity index (χ2v) is 11.5. The van der Waals surface area contributed by atoms with Gasteiger partial charge in [-0.1, -0.05) is 50.2 Å². The largest absolute Gasteiger partial charge is 0.380 e. The number of hydrogen-bond acceptors (Lipinski definition) is 7.